The number of hydrogen-bond donors (Lipinski definition) is 0. The topological polar surface area (TPSA) is 66.2 Å². The first kappa shape index (κ1) is 23.2. The highest BCUT2D eigenvalue weighted by Crippen LogP contribution is 2.29. The van der Waals surface area contributed by atoms with Crippen molar-refractivity contribution in [3.8, 4) is 11.3 Å². The van der Waals surface area contributed by atoms with Crippen LogP contribution < -0.4 is 0 Å². The summed E-state index contributed by atoms with van der Waals surface area (Å²) in [6.45, 7) is 0.927. The third-order valence-corrected chi connectivity index (χ3v) is 5.77. The summed E-state index contributed by atoms with van der Waals surface area (Å²) >= 11 is 12.2. The Balaban J connectivity index is 1.72. The zero-order valence-electron chi connectivity index (χ0n) is 17.9. The number of imidazole rings is 1. The number of ether oxygens (including phenoxy) is 2. The van der Waals surface area contributed by atoms with Crippen LogP contribution in [0.1, 0.15) is 21.7 Å². The first-order valence-corrected chi connectivity index (χ1v) is 10.8. The second-order valence-electron chi connectivity index (χ2n) is 7.31. The Morgan fingerprint density at radius 2 is 1.88 bits per heavy atom. The van der Waals surface area contributed by atoms with Gasteiger partial charge in [0.1, 0.15) is 16.8 Å². The molecule has 4 aromatic rings. The van der Waals surface area contributed by atoms with Gasteiger partial charge in [0.15, 0.2) is 0 Å². The minimum absolute atomic E-state index is 0.245. The summed E-state index contributed by atoms with van der Waals surface area (Å²) in [5, 5.41) is 0.659. The average Bonchev–Trinajstić information content (AvgIpc) is 3.16. The molecule has 0 bridgehead atoms. The van der Waals surface area contributed by atoms with Crippen molar-refractivity contribution in [2.24, 2.45) is 0 Å². The molecule has 0 aliphatic carbocycles. The maximum Gasteiger partial charge on any atom is 0.337 e. The molecule has 0 aliphatic heterocycles. The molecule has 2 aromatic heterocycles. The molecule has 0 spiro atoms. The summed E-state index contributed by atoms with van der Waals surface area (Å²) in [6, 6.07) is 13.2. The standard InChI is InChI=1S/C24H20Cl2FN3O3/c1-32-10-9-30-20-12-16(24(31)33-2)5-7-19(20)28-22(30)13-14-3-4-15(11-18(14)27)23-17(25)6-8-21(26)29-23/h3-8,11-12H,9-10,13H2,1-2H3. The number of rotatable bonds is 7. The van der Waals surface area contributed by atoms with Gasteiger partial charge < -0.3 is 14.0 Å². The van der Waals surface area contributed by atoms with Crippen LogP contribution in [0.3, 0.4) is 0 Å². The summed E-state index contributed by atoms with van der Waals surface area (Å²) in [4.78, 5) is 20.8. The van der Waals surface area contributed by atoms with Gasteiger partial charge in [0.05, 0.1) is 41.0 Å². The zero-order valence-corrected chi connectivity index (χ0v) is 19.5. The summed E-state index contributed by atoms with van der Waals surface area (Å²) in [7, 11) is 2.94. The van der Waals surface area contributed by atoms with Gasteiger partial charge in [-0.2, -0.15) is 0 Å². The van der Waals surface area contributed by atoms with Crippen molar-refractivity contribution in [2.45, 2.75) is 13.0 Å². The number of methoxy groups -OCH3 is 2. The van der Waals surface area contributed by atoms with Crippen LogP contribution >= 0.6 is 23.2 Å². The molecule has 33 heavy (non-hydrogen) atoms. The van der Waals surface area contributed by atoms with E-state index in [0.29, 0.717) is 51.9 Å². The van der Waals surface area contributed by atoms with E-state index >= 15 is 4.39 Å². The highest BCUT2D eigenvalue weighted by Gasteiger charge is 2.17. The van der Waals surface area contributed by atoms with Crippen LogP contribution in [0.5, 0.6) is 0 Å². The van der Waals surface area contributed by atoms with Gasteiger partial charge in [-0.05, 0) is 42.0 Å². The highest BCUT2D eigenvalue weighted by molar-refractivity contribution is 6.34. The van der Waals surface area contributed by atoms with Gasteiger partial charge in [-0.1, -0.05) is 35.3 Å². The predicted molar refractivity (Wildman–Crippen MR) is 125 cm³/mol. The monoisotopic (exact) mass is 487 g/mol. The Labute approximate surface area is 199 Å². The molecule has 0 unspecified atom stereocenters. The van der Waals surface area contributed by atoms with E-state index in [-0.39, 0.29) is 11.6 Å². The molecule has 6 nitrogen and oxygen atoms in total. The maximum atomic E-state index is 15.1. The van der Waals surface area contributed by atoms with E-state index in [0.717, 1.165) is 5.52 Å². The number of benzene rings is 2. The van der Waals surface area contributed by atoms with E-state index in [9.17, 15) is 4.79 Å². The Morgan fingerprint density at radius 3 is 2.61 bits per heavy atom. The maximum absolute atomic E-state index is 15.1. The zero-order chi connectivity index (χ0) is 23.5. The summed E-state index contributed by atoms with van der Waals surface area (Å²) in [6.07, 6.45) is 0.245. The molecule has 0 saturated heterocycles. The summed E-state index contributed by atoms with van der Waals surface area (Å²) < 4.78 is 27.1. The molecular weight excluding hydrogens is 468 g/mol. The third-order valence-electron chi connectivity index (χ3n) is 5.25. The van der Waals surface area contributed by atoms with Gasteiger partial charge in [-0.3, -0.25) is 0 Å². The fourth-order valence-electron chi connectivity index (χ4n) is 3.61. The van der Waals surface area contributed by atoms with Gasteiger partial charge in [0, 0.05) is 25.6 Å². The molecule has 4 rings (SSSR count). The van der Waals surface area contributed by atoms with Crippen LogP contribution in [0.2, 0.25) is 10.2 Å². The molecule has 2 aromatic carbocycles. The average molecular weight is 488 g/mol. The molecule has 0 N–H and O–H groups in total. The van der Waals surface area contributed by atoms with E-state index in [2.05, 4.69) is 9.97 Å². The van der Waals surface area contributed by atoms with Crippen molar-refractivity contribution in [1.29, 1.82) is 0 Å². The van der Waals surface area contributed by atoms with Crippen molar-refractivity contribution in [2.75, 3.05) is 20.8 Å². The molecule has 0 fully saturated rings. The second-order valence-corrected chi connectivity index (χ2v) is 8.11. The minimum Gasteiger partial charge on any atom is -0.465 e. The van der Waals surface area contributed by atoms with Gasteiger partial charge in [0.25, 0.3) is 0 Å². The van der Waals surface area contributed by atoms with Gasteiger partial charge in [0.2, 0.25) is 0 Å². The van der Waals surface area contributed by atoms with E-state index in [1.807, 2.05) is 4.57 Å². The lowest BCUT2D eigenvalue weighted by molar-refractivity contribution is 0.0601. The lowest BCUT2D eigenvalue weighted by Crippen LogP contribution is -2.10. The SMILES string of the molecule is COCCn1c(Cc2ccc(-c3nc(Cl)ccc3Cl)cc2F)nc2ccc(C(=O)OC)cc21. The number of carbonyl (C=O) groups excluding carboxylic acids is 1. The number of esters is 1. The third kappa shape index (κ3) is 4.85. The second kappa shape index (κ2) is 9.87. The quantitative estimate of drug-likeness (QED) is 0.252. The van der Waals surface area contributed by atoms with Crippen LogP contribution in [0.15, 0.2) is 48.5 Å². The van der Waals surface area contributed by atoms with Crippen LogP contribution in [0.4, 0.5) is 4.39 Å². The molecule has 0 aliphatic rings. The first-order valence-electron chi connectivity index (χ1n) is 10.1. The van der Waals surface area contributed by atoms with Crippen LogP contribution in [-0.4, -0.2) is 41.3 Å². The number of aromatic nitrogens is 3. The van der Waals surface area contributed by atoms with E-state index in [4.69, 9.17) is 32.7 Å². The number of halogens is 3. The van der Waals surface area contributed by atoms with Crippen molar-refractivity contribution in [1.82, 2.24) is 14.5 Å². The van der Waals surface area contributed by atoms with Crippen LogP contribution in [0, 0.1) is 5.82 Å². The fraction of sp³-hybridized carbons (Fsp3) is 0.208. The molecule has 0 radical (unpaired) electrons. The summed E-state index contributed by atoms with van der Waals surface area (Å²) in [5.74, 6) is -0.201. The lowest BCUT2D eigenvalue weighted by atomic mass is 10.1. The van der Waals surface area contributed by atoms with E-state index < -0.39 is 11.8 Å². The number of hydrogen-bond acceptors (Lipinski definition) is 5. The van der Waals surface area contributed by atoms with E-state index in [1.165, 1.54) is 13.2 Å². The Kier molecular flexibility index (Phi) is 6.93. The number of nitrogens with zero attached hydrogens (tertiary/aromatic N) is 3. The van der Waals surface area contributed by atoms with Crippen molar-refractivity contribution in [3.63, 3.8) is 0 Å². The molecule has 0 saturated carbocycles. The van der Waals surface area contributed by atoms with Crippen LogP contribution in [0.25, 0.3) is 22.3 Å². The normalized spacial score (nSPS) is 11.2. The predicted octanol–water partition coefficient (Wildman–Crippen LogP) is 5.57. The van der Waals surface area contributed by atoms with Crippen molar-refractivity contribution < 1.29 is 18.7 Å². The molecule has 2 heterocycles. The minimum atomic E-state index is -0.437. The van der Waals surface area contributed by atoms with Gasteiger partial charge in [-0.15, -0.1) is 0 Å². The van der Waals surface area contributed by atoms with Crippen molar-refractivity contribution in [3.05, 3.63) is 81.5 Å². The van der Waals surface area contributed by atoms with E-state index in [1.54, 1.807) is 49.6 Å². The largest absolute Gasteiger partial charge is 0.465 e. The lowest BCUT2D eigenvalue weighted by Gasteiger charge is -2.11. The number of carbonyl (C=O) groups is 1. The number of pyridine rings is 1. The summed E-state index contributed by atoms with van der Waals surface area (Å²) in [5.41, 5.74) is 3.25. The first-order chi connectivity index (χ1) is 15.9. The molecule has 9 heteroatoms. The number of fused-ring (bicyclic) bond motifs is 1. The molecule has 170 valence electrons. The van der Waals surface area contributed by atoms with Crippen molar-refractivity contribution >= 4 is 40.2 Å². The smallest absolute Gasteiger partial charge is 0.337 e. The highest BCUT2D eigenvalue weighted by atomic mass is 35.5. The Hall–Kier alpha value is -3.00. The molecule has 0 atom stereocenters. The Bertz CT molecular complexity index is 1340. The van der Waals surface area contributed by atoms with Crippen LogP contribution in [-0.2, 0) is 22.4 Å². The van der Waals surface area contributed by atoms with Gasteiger partial charge in [-0.25, -0.2) is 19.2 Å². The van der Waals surface area contributed by atoms with Gasteiger partial charge >= 0.3 is 5.97 Å². The fourth-order valence-corrected chi connectivity index (χ4v) is 3.98. The Morgan fingerprint density at radius 1 is 1.06 bits per heavy atom. The molecule has 0 amide bonds. The molecular formula is C24H20Cl2FN3O3.